The van der Waals surface area contributed by atoms with Crippen molar-refractivity contribution in [1.29, 1.82) is 0 Å². The van der Waals surface area contributed by atoms with Crippen LogP contribution >= 0.6 is 0 Å². The van der Waals surface area contributed by atoms with Gasteiger partial charge in [-0.3, -0.25) is 4.68 Å². The molecule has 5 heteroatoms. The number of hydrogen-bond acceptors (Lipinski definition) is 4. The minimum Gasteiger partial charge on any atom is -0.330 e. The Balaban J connectivity index is 1.82. The van der Waals surface area contributed by atoms with E-state index in [0.717, 1.165) is 18.9 Å². The molecule has 0 aliphatic heterocycles. The van der Waals surface area contributed by atoms with Gasteiger partial charge >= 0.3 is 0 Å². The molecule has 84 valence electrons. The molecular formula is C10H19N5. The fraction of sp³-hybridized carbons (Fsp3) is 0.800. The molecule has 0 saturated heterocycles. The lowest BCUT2D eigenvalue weighted by Gasteiger charge is -2.18. The van der Waals surface area contributed by atoms with Gasteiger partial charge in [-0.05, 0) is 25.3 Å². The fourth-order valence-electron chi connectivity index (χ4n) is 2.27. The molecule has 2 rings (SSSR count). The van der Waals surface area contributed by atoms with E-state index >= 15 is 0 Å². The van der Waals surface area contributed by atoms with Crippen molar-refractivity contribution in [1.82, 2.24) is 20.1 Å². The highest BCUT2D eigenvalue weighted by Crippen LogP contribution is 2.24. The molecule has 1 aliphatic carbocycles. The van der Waals surface area contributed by atoms with Crippen molar-refractivity contribution >= 4 is 0 Å². The second-order valence-electron chi connectivity index (χ2n) is 4.25. The molecule has 5 nitrogen and oxygen atoms in total. The van der Waals surface area contributed by atoms with Gasteiger partial charge in [-0.25, -0.2) is 4.98 Å². The van der Waals surface area contributed by atoms with E-state index in [4.69, 9.17) is 5.73 Å². The van der Waals surface area contributed by atoms with Crippen LogP contribution in [0.2, 0.25) is 0 Å². The monoisotopic (exact) mass is 209 g/mol. The average molecular weight is 209 g/mol. The zero-order valence-corrected chi connectivity index (χ0v) is 9.19. The highest BCUT2D eigenvalue weighted by atomic mass is 15.3. The minimum atomic E-state index is 0.554. The Kier molecular flexibility index (Phi) is 3.33. The van der Waals surface area contributed by atoms with Crippen LogP contribution in [0, 0.1) is 5.92 Å². The number of aromatic nitrogens is 3. The number of hydrogen-bond donors (Lipinski definition) is 2. The zero-order chi connectivity index (χ0) is 10.7. The van der Waals surface area contributed by atoms with Crippen molar-refractivity contribution in [3.8, 4) is 0 Å². The molecule has 2 unspecified atom stereocenters. The molecule has 3 N–H and O–H groups in total. The highest BCUT2D eigenvalue weighted by molar-refractivity contribution is 4.87. The molecule has 1 heterocycles. The first kappa shape index (κ1) is 10.6. The summed E-state index contributed by atoms with van der Waals surface area (Å²) in [4.78, 5) is 4.19. The van der Waals surface area contributed by atoms with E-state index in [1.54, 1.807) is 11.0 Å². The third-order valence-electron chi connectivity index (χ3n) is 3.13. The summed E-state index contributed by atoms with van der Waals surface area (Å²) in [5.41, 5.74) is 5.72. The summed E-state index contributed by atoms with van der Waals surface area (Å²) in [6.07, 6.45) is 5.50. The summed E-state index contributed by atoms with van der Waals surface area (Å²) in [5.74, 6) is 1.49. The maximum absolute atomic E-state index is 5.72. The summed E-state index contributed by atoms with van der Waals surface area (Å²) < 4.78 is 1.73. The summed E-state index contributed by atoms with van der Waals surface area (Å²) in [5, 5.41) is 7.73. The van der Waals surface area contributed by atoms with Gasteiger partial charge in [0.15, 0.2) is 5.82 Å². The Labute approximate surface area is 90.1 Å². The maximum Gasteiger partial charge on any atom is 0.164 e. The van der Waals surface area contributed by atoms with Crippen LogP contribution in [-0.4, -0.2) is 27.4 Å². The number of rotatable bonds is 4. The van der Waals surface area contributed by atoms with Crippen LogP contribution in [0.3, 0.4) is 0 Å². The largest absolute Gasteiger partial charge is 0.330 e. The van der Waals surface area contributed by atoms with Gasteiger partial charge in [0.05, 0.1) is 6.54 Å². The Bertz CT molecular complexity index is 309. The first-order valence-corrected chi connectivity index (χ1v) is 5.57. The molecule has 0 radical (unpaired) electrons. The normalized spacial score (nSPS) is 26.0. The van der Waals surface area contributed by atoms with E-state index < -0.39 is 0 Å². The molecular weight excluding hydrogens is 190 g/mol. The van der Waals surface area contributed by atoms with E-state index in [0.29, 0.717) is 12.0 Å². The molecule has 1 aromatic rings. The Hall–Kier alpha value is -0.940. The van der Waals surface area contributed by atoms with Gasteiger partial charge < -0.3 is 11.1 Å². The van der Waals surface area contributed by atoms with Crippen LogP contribution in [0.4, 0.5) is 0 Å². The van der Waals surface area contributed by atoms with Crippen LogP contribution in [0.15, 0.2) is 6.33 Å². The van der Waals surface area contributed by atoms with E-state index in [1.165, 1.54) is 19.3 Å². The Morgan fingerprint density at radius 2 is 2.47 bits per heavy atom. The zero-order valence-electron chi connectivity index (χ0n) is 9.19. The molecule has 0 spiro atoms. The predicted octanol–water partition coefficient (Wildman–Crippen LogP) is 0.0321. The van der Waals surface area contributed by atoms with Crippen LogP contribution in [0.5, 0.6) is 0 Å². The van der Waals surface area contributed by atoms with Gasteiger partial charge in [0.1, 0.15) is 6.33 Å². The summed E-state index contributed by atoms with van der Waals surface area (Å²) in [6.45, 7) is 1.54. The molecule has 0 amide bonds. The standard InChI is InChI=1S/C10H19N5/c1-15-7-13-10(14-15)6-12-9-4-2-3-8(9)5-11/h7-9,12H,2-6,11H2,1H3. The SMILES string of the molecule is Cn1cnc(CNC2CCCC2CN)n1. The number of aryl methyl sites for hydroxylation is 1. The molecule has 1 fully saturated rings. The van der Waals surface area contributed by atoms with E-state index in [1.807, 2.05) is 7.05 Å². The van der Waals surface area contributed by atoms with Gasteiger partial charge in [-0.1, -0.05) is 6.42 Å². The van der Waals surface area contributed by atoms with Gasteiger partial charge in [0.2, 0.25) is 0 Å². The molecule has 0 bridgehead atoms. The Morgan fingerprint density at radius 3 is 3.13 bits per heavy atom. The summed E-state index contributed by atoms with van der Waals surface area (Å²) in [6, 6.07) is 0.554. The van der Waals surface area contributed by atoms with Crippen molar-refractivity contribution in [3.05, 3.63) is 12.2 Å². The summed E-state index contributed by atoms with van der Waals surface area (Å²) >= 11 is 0. The van der Waals surface area contributed by atoms with E-state index in [9.17, 15) is 0 Å². The van der Waals surface area contributed by atoms with Crippen molar-refractivity contribution < 1.29 is 0 Å². The lowest BCUT2D eigenvalue weighted by atomic mass is 10.0. The van der Waals surface area contributed by atoms with Crippen molar-refractivity contribution in [2.24, 2.45) is 18.7 Å². The van der Waals surface area contributed by atoms with Crippen LogP contribution in [0.1, 0.15) is 25.1 Å². The van der Waals surface area contributed by atoms with Gasteiger partial charge in [0, 0.05) is 13.1 Å². The molecule has 1 saturated carbocycles. The molecule has 0 aromatic carbocycles. The van der Waals surface area contributed by atoms with E-state index in [2.05, 4.69) is 15.4 Å². The lowest BCUT2D eigenvalue weighted by Crippen LogP contribution is -2.35. The van der Waals surface area contributed by atoms with Gasteiger partial charge in [-0.15, -0.1) is 0 Å². The third kappa shape index (κ3) is 2.54. The first-order chi connectivity index (χ1) is 7.29. The van der Waals surface area contributed by atoms with Crippen LogP contribution in [0.25, 0.3) is 0 Å². The van der Waals surface area contributed by atoms with E-state index in [-0.39, 0.29) is 0 Å². The molecule has 1 aliphatic rings. The van der Waals surface area contributed by atoms with Gasteiger partial charge in [-0.2, -0.15) is 5.10 Å². The average Bonchev–Trinajstić information content (AvgIpc) is 2.83. The minimum absolute atomic E-state index is 0.554. The lowest BCUT2D eigenvalue weighted by molar-refractivity contribution is 0.402. The quantitative estimate of drug-likeness (QED) is 0.734. The number of nitrogens with one attached hydrogen (secondary N) is 1. The predicted molar refractivity (Wildman–Crippen MR) is 58.0 cm³/mol. The second-order valence-corrected chi connectivity index (χ2v) is 4.25. The number of nitrogens with zero attached hydrogens (tertiary/aromatic N) is 3. The molecule has 15 heavy (non-hydrogen) atoms. The summed E-state index contributed by atoms with van der Waals surface area (Å²) in [7, 11) is 1.88. The Morgan fingerprint density at radius 1 is 1.60 bits per heavy atom. The van der Waals surface area contributed by atoms with Crippen molar-refractivity contribution in [2.45, 2.75) is 31.8 Å². The van der Waals surface area contributed by atoms with Crippen molar-refractivity contribution in [3.63, 3.8) is 0 Å². The van der Waals surface area contributed by atoms with Crippen molar-refractivity contribution in [2.75, 3.05) is 6.54 Å². The van der Waals surface area contributed by atoms with Crippen LogP contribution < -0.4 is 11.1 Å². The molecule has 2 atom stereocenters. The number of nitrogens with two attached hydrogens (primary N) is 1. The fourth-order valence-corrected chi connectivity index (χ4v) is 2.27. The second kappa shape index (κ2) is 4.72. The maximum atomic E-state index is 5.72. The third-order valence-corrected chi connectivity index (χ3v) is 3.13. The highest BCUT2D eigenvalue weighted by Gasteiger charge is 2.25. The van der Waals surface area contributed by atoms with Crippen LogP contribution in [-0.2, 0) is 13.6 Å². The topological polar surface area (TPSA) is 68.8 Å². The smallest absolute Gasteiger partial charge is 0.164 e. The molecule has 1 aromatic heterocycles. The van der Waals surface area contributed by atoms with Gasteiger partial charge in [0.25, 0.3) is 0 Å². The first-order valence-electron chi connectivity index (χ1n) is 5.57.